The number of nitrogens with zero attached hydrogens (tertiary/aromatic N) is 4. The average molecular weight is 454 g/mol. The third kappa shape index (κ3) is 4.52. The summed E-state index contributed by atoms with van der Waals surface area (Å²) in [6.07, 6.45) is 4.23. The third-order valence-electron chi connectivity index (χ3n) is 5.61. The van der Waals surface area contributed by atoms with Crippen LogP contribution in [0.5, 0.6) is 0 Å². The van der Waals surface area contributed by atoms with E-state index in [0.29, 0.717) is 5.69 Å². The van der Waals surface area contributed by atoms with Crippen molar-refractivity contribution in [1.29, 1.82) is 0 Å². The van der Waals surface area contributed by atoms with Crippen molar-refractivity contribution in [3.8, 4) is 0 Å². The van der Waals surface area contributed by atoms with Gasteiger partial charge < -0.3 is 9.88 Å². The normalized spacial score (nSPS) is 13.8. The number of aryl methyl sites for hydroxylation is 1. The highest BCUT2D eigenvalue weighted by Gasteiger charge is 2.24. The van der Waals surface area contributed by atoms with Crippen molar-refractivity contribution < 1.29 is 13.2 Å². The molecule has 2 aromatic carbocycles. The van der Waals surface area contributed by atoms with E-state index in [-0.39, 0.29) is 29.5 Å². The first kappa shape index (κ1) is 22.0. The number of sulfonamides is 1. The quantitative estimate of drug-likeness (QED) is 0.593. The molecule has 9 heteroatoms. The van der Waals surface area contributed by atoms with Crippen molar-refractivity contribution in [2.24, 2.45) is 0 Å². The lowest BCUT2D eigenvalue weighted by Gasteiger charge is -2.23. The molecule has 1 aliphatic rings. The van der Waals surface area contributed by atoms with E-state index in [0.717, 1.165) is 43.9 Å². The molecule has 0 radical (unpaired) electrons. The molecule has 1 aliphatic heterocycles. The molecule has 32 heavy (non-hydrogen) atoms. The molecule has 0 fully saturated rings. The first-order valence-electron chi connectivity index (χ1n) is 10.9. The van der Waals surface area contributed by atoms with Gasteiger partial charge in [-0.3, -0.25) is 9.10 Å². The minimum atomic E-state index is -3.81. The second-order valence-corrected chi connectivity index (χ2v) is 9.57. The van der Waals surface area contributed by atoms with E-state index in [1.165, 1.54) is 16.4 Å². The maximum Gasteiger partial charge on any atom is 0.264 e. The highest BCUT2D eigenvalue weighted by molar-refractivity contribution is 7.92. The zero-order chi connectivity index (χ0) is 22.6. The molecule has 4 rings (SSSR count). The molecule has 1 aromatic heterocycles. The summed E-state index contributed by atoms with van der Waals surface area (Å²) < 4.78 is 29.9. The number of amides is 1. The van der Waals surface area contributed by atoms with Crippen LogP contribution in [-0.2, 0) is 29.5 Å². The minimum Gasteiger partial charge on any atom is -0.345 e. The smallest absolute Gasteiger partial charge is 0.264 e. The topological polar surface area (TPSA) is 97.2 Å². The molecule has 0 bridgehead atoms. The molecule has 0 aliphatic carbocycles. The van der Waals surface area contributed by atoms with Crippen LogP contribution in [0.25, 0.3) is 0 Å². The van der Waals surface area contributed by atoms with E-state index >= 15 is 0 Å². The Morgan fingerprint density at radius 2 is 1.88 bits per heavy atom. The maximum absolute atomic E-state index is 13.2. The number of nitrogens with one attached hydrogen (secondary N) is 1. The zero-order valence-corrected chi connectivity index (χ0v) is 18.9. The molecule has 0 unspecified atom stereocenters. The second-order valence-electron chi connectivity index (χ2n) is 7.71. The SMILES string of the molecule is CCN(c1ccccc1)S(=O)(=O)c1cccc(C(=O)NCc2nnc3n2CCCCC3)c1. The number of benzene rings is 2. The fraction of sp³-hybridized carbons (Fsp3) is 0.348. The molecular weight excluding hydrogens is 426 g/mol. The molecule has 0 atom stereocenters. The van der Waals surface area contributed by atoms with Crippen LogP contribution in [0.1, 0.15) is 48.2 Å². The molecule has 0 spiro atoms. The lowest BCUT2D eigenvalue weighted by atomic mass is 10.2. The zero-order valence-electron chi connectivity index (χ0n) is 18.1. The van der Waals surface area contributed by atoms with Gasteiger partial charge in [0.2, 0.25) is 0 Å². The number of carbonyl (C=O) groups excluding carboxylic acids is 1. The van der Waals surface area contributed by atoms with E-state index < -0.39 is 10.0 Å². The van der Waals surface area contributed by atoms with Crippen LogP contribution < -0.4 is 9.62 Å². The van der Waals surface area contributed by atoms with Crippen LogP contribution in [0.3, 0.4) is 0 Å². The van der Waals surface area contributed by atoms with Crippen molar-refractivity contribution in [2.45, 2.75) is 50.6 Å². The Labute approximate surface area is 188 Å². The molecule has 1 N–H and O–H groups in total. The van der Waals surface area contributed by atoms with Gasteiger partial charge in [-0.1, -0.05) is 30.7 Å². The van der Waals surface area contributed by atoms with Gasteiger partial charge in [-0.15, -0.1) is 10.2 Å². The number of para-hydroxylation sites is 1. The van der Waals surface area contributed by atoms with Crippen LogP contribution in [0.4, 0.5) is 5.69 Å². The average Bonchev–Trinajstić information content (AvgIpc) is 3.04. The summed E-state index contributed by atoms with van der Waals surface area (Å²) >= 11 is 0. The second kappa shape index (κ2) is 9.52. The molecule has 0 saturated carbocycles. The Hall–Kier alpha value is -3.20. The number of hydrogen-bond donors (Lipinski definition) is 1. The molecule has 0 saturated heterocycles. The van der Waals surface area contributed by atoms with Crippen LogP contribution >= 0.6 is 0 Å². The monoisotopic (exact) mass is 453 g/mol. The molecule has 2 heterocycles. The van der Waals surface area contributed by atoms with Gasteiger partial charge in [0.15, 0.2) is 5.82 Å². The fourth-order valence-corrected chi connectivity index (χ4v) is 5.47. The van der Waals surface area contributed by atoms with Gasteiger partial charge >= 0.3 is 0 Å². The third-order valence-corrected chi connectivity index (χ3v) is 7.51. The first-order chi connectivity index (χ1) is 15.5. The van der Waals surface area contributed by atoms with Crippen LogP contribution in [0.15, 0.2) is 59.5 Å². The molecule has 168 valence electrons. The van der Waals surface area contributed by atoms with Crippen LogP contribution in [0, 0.1) is 0 Å². The number of carbonyl (C=O) groups is 1. The maximum atomic E-state index is 13.2. The molecular formula is C23H27N5O3S. The van der Waals surface area contributed by atoms with Crippen molar-refractivity contribution in [2.75, 3.05) is 10.8 Å². The van der Waals surface area contributed by atoms with Gasteiger partial charge in [0.25, 0.3) is 15.9 Å². The van der Waals surface area contributed by atoms with Gasteiger partial charge in [0.1, 0.15) is 5.82 Å². The highest BCUT2D eigenvalue weighted by Crippen LogP contribution is 2.24. The summed E-state index contributed by atoms with van der Waals surface area (Å²) in [5.74, 6) is 1.33. The predicted octanol–water partition coefficient (Wildman–Crippen LogP) is 3.15. The summed E-state index contributed by atoms with van der Waals surface area (Å²) in [4.78, 5) is 12.9. The Morgan fingerprint density at radius 3 is 2.66 bits per heavy atom. The fourth-order valence-electron chi connectivity index (χ4n) is 3.95. The lowest BCUT2D eigenvalue weighted by molar-refractivity contribution is 0.0949. The Bertz CT molecular complexity index is 1190. The summed E-state index contributed by atoms with van der Waals surface area (Å²) in [5, 5.41) is 11.3. The van der Waals surface area contributed by atoms with Gasteiger partial charge in [-0.25, -0.2) is 8.42 Å². The Kier molecular flexibility index (Phi) is 6.55. The summed E-state index contributed by atoms with van der Waals surface area (Å²) in [7, 11) is -3.81. The number of anilines is 1. The summed E-state index contributed by atoms with van der Waals surface area (Å²) in [5.41, 5.74) is 0.864. The van der Waals surface area contributed by atoms with Crippen molar-refractivity contribution in [3.05, 3.63) is 71.8 Å². The Morgan fingerprint density at radius 1 is 1.06 bits per heavy atom. The van der Waals surface area contributed by atoms with Gasteiger partial charge in [-0.2, -0.15) is 0 Å². The molecule has 1 amide bonds. The standard InChI is InChI=1S/C23H27N5O3S/c1-2-28(19-11-5-3-6-12-19)32(30,31)20-13-9-10-18(16-20)23(29)24-17-22-26-25-21-14-7-4-8-15-27(21)22/h3,5-6,9-13,16H,2,4,7-8,14-15,17H2,1H3,(H,24,29). The molecule has 8 nitrogen and oxygen atoms in total. The number of hydrogen-bond acceptors (Lipinski definition) is 5. The predicted molar refractivity (Wildman–Crippen MR) is 122 cm³/mol. The van der Waals surface area contributed by atoms with Gasteiger partial charge in [-0.05, 0) is 50.1 Å². The largest absolute Gasteiger partial charge is 0.345 e. The van der Waals surface area contributed by atoms with E-state index in [4.69, 9.17) is 0 Å². The van der Waals surface area contributed by atoms with E-state index in [9.17, 15) is 13.2 Å². The van der Waals surface area contributed by atoms with Crippen LogP contribution in [-0.4, -0.2) is 35.6 Å². The Balaban J connectivity index is 1.51. The van der Waals surface area contributed by atoms with Gasteiger partial charge in [0, 0.05) is 25.1 Å². The van der Waals surface area contributed by atoms with Gasteiger partial charge in [0.05, 0.1) is 17.1 Å². The number of rotatable bonds is 7. The van der Waals surface area contributed by atoms with E-state index in [1.54, 1.807) is 43.3 Å². The lowest BCUT2D eigenvalue weighted by Crippen LogP contribution is -2.31. The van der Waals surface area contributed by atoms with Crippen molar-refractivity contribution in [3.63, 3.8) is 0 Å². The van der Waals surface area contributed by atoms with Crippen molar-refractivity contribution in [1.82, 2.24) is 20.1 Å². The minimum absolute atomic E-state index is 0.0761. The number of aromatic nitrogens is 3. The highest BCUT2D eigenvalue weighted by atomic mass is 32.2. The van der Waals surface area contributed by atoms with E-state index in [2.05, 4.69) is 20.1 Å². The van der Waals surface area contributed by atoms with Crippen molar-refractivity contribution >= 4 is 21.6 Å². The summed E-state index contributed by atoms with van der Waals surface area (Å²) in [6.45, 7) is 3.16. The molecule has 3 aromatic rings. The summed E-state index contributed by atoms with van der Waals surface area (Å²) in [6, 6.07) is 15.0. The number of fused-ring (bicyclic) bond motifs is 1. The van der Waals surface area contributed by atoms with E-state index in [1.807, 2.05) is 6.07 Å². The van der Waals surface area contributed by atoms with Crippen LogP contribution in [0.2, 0.25) is 0 Å². The first-order valence-corrected chi connectivity index (χ1v) is 12.3.